The molecule has 6 heteroatoms. The van der Waals surface area contributed by atoms with Crippen LogP contribution in [0.1, 0.15) is 36.2 Å². The van der Waals surface area contributed by atoms with Crippen molar-refractivity contribution in [3.05, 3.63) is 33.8 Å². The molecule has 0 unspecified atom stereocenters. The predicted molar refractivity (Wildman–Crippen MR) is 82.4 cm³/mol. The summed E-state index contributed by atoms with van der Waals surface area (Å²) in [6.07, 6.45) is 0.653. The summed E-state index contributed by atoms with van der Waals surface area (Å²) in [5, 5.41) is 0. The monoisotopic (exact) mass is 362 g/mol. The number of carbonyl (C=O) groups is 1. The van der Waals surface area contributed by atoms with Crippen molar-refractivity contribution in [1.82, 2.24) is 0 Å². The fraction of sp³-hybridized carbons (Fsp3) is 0.500. The van der Waals surface area contributed by atoms with Crippen LogP contribution in [0.25, 0.3) is 0 Å². The maximum atomic E-state index is 12.0. The van der Waals surface area contributed by atoms with Crippen LogP contribution in [-0.2, 0) is 20.3 Å². The van der Waals surface area contributed by atoms with Crippen molar-refractivity contribution in [2.75, 3.05) is 12.9 Å². The summed E-state index contributed by atoms with van der Waals surface area (Å²) in [4.78, 5) is 11.4. The number of sulfone groups is 1. The number of hydrogen-bond acceptors (Lipinski definition) is 4. The molecule has 1 aromatic carbocycles. The van der Waals surface area contributed by atoms with Gasteiger partial charge in [-0.1, -0.05) is 35.8 Å². The van der Waals surface area contributed by atoms with E-state index in [0.29, 0.717) is 27.9 Å². The topological polar surface area (TPSA) is 60.4 Å². The lowest BCUT2D eigenvalue weighted by Crippen LogP contribution is -2.12. The van der Waals surface area contributed by atoms with Gasteiger partial charge in [-0.15, -0.1) is 0 Å². The molecule has 112 valence electrons. The molecule has 0 aliphatic heterocycles. The number of hydrogen-bond donors (Lipinski definition) is 0. The Morgan fingerprint density at radius 2 is 2.00 bits per heavy atom. The molecule has 0 aliphatic rings. The summed E-state index contributed by atoms with van der Waals surface area (Å²) in [5.74, 6) is 0.0623. The highest BCUT2D eigenvalue weighted by Gasteiger charge is 2.16. The van der Waals surface area contributed by atoms with Gasteiger partial charge in [0.25, 0.3) is 0 Å². The van der Waals surface area contributed by atoms with Crippen LogP contribution in [0.5, 0.6) is 0 Å². The van der Waals surface area contributed by atoms with E-state index in [9.17, 15) is 13.2 Å². The molecule has 4 nitrogen and oxygen atoms in total. The van der Waals surface area contributed by atoms with Gasteiger partial charge in [-0.25, -0.2) is 13.2 Å². The summed E-state index contributed by atoms with van der Waals surface area (Å²) in [6, 6.07) is 4.80. The third-order valence-corrected chi connectivity index (χ3v) is 5.20. The van der Waals surface area contributed by atoms with Crippen LogP contribution in [0.2, 0.25) is 0 Å². The van der Waals surface area contributed by atoms with Crippen molar-refractivity contribution in [3.8, 4) is 0 Å². The molecule has 0 bridgehead atoms. The minimum atomic E-state index is -3.14. The molecule has 0 atom stereocenters. The molecule has 0 aromatic heterocycles. The molecule has 0 heterocycles. The third-order valence-electron chi connectivity index (χ3n) is 2.86. The van der Waals surface area contributed by atoms with Crippen LogP contribution in [0.3, 0.4) is 0 Å². The third kappa shape index (κ3) is 5.25. The number of ether oxygens (including phenoxy) is 1. The van der Waals surface area contributed by atoms with Crippen LogP contribution in [0.15, 0.2) is 22.7 Å². The summed E-state index contributed by atoms with van der Waals surface area (Å²) in [6.45, 7) is 3.99. The van der Waals surface area contributed by atoms with Crippen molar-refractivity contribution in [2.24, 2.45) is 5.92 Å². The van der Waals surface area contributed by atoms with Crippen LogP contribution in [-0.4, -0.2) is 27.2 Å². The molecule has 20 heavy (non-hydrogen) atoms. The maximum absolute atomic E-state index is 12.0. The molecule has 0 aliphatic carbocycles. The zero-order valence-electron chi connectivity index (χ0n) is 11.8. The average molecular weight is 363 g/mol. The minimum Gasteiger partial charge on any atom is -0.465 e. The smallest absolute Gasteiger partial charge is 0.337 e. The average Bonchev–Trinajstić information content (AvgIpc) is 2.38. The Hall–Kier alpha value is -0.880. The molecule has 0 N–H and O–H groups in total. The highest BCUT2D eigenvalue weighted by atomic mass is 79.9. The number of rotatable bonds is 6. The first kappa shape index (κ1) is 17.2. The van der Waals surface area contributed by atoms with Gasteiger partial charge in [0.1, 0.15) is 0 Å². The summed E-state index contributed by atoms with van der Waals surface area (Å²) >= 11 is 3.31. The second-order valence-electron chi connectivity index (χ2n) is 5.07. The summed E-state index contributed by atoms with van der Waals surface area (Å²) in [7, 11) is -1.83. The van der Waals surface area contributed by atoms with Crippen LogP contribution < -0.4 is 0 Å². The van der Waals surface area contributed by atoms with Gasteiger partial charge in [0.15, 0.2) is 9.84 Å². The van der Waals surface area contributed by atoms with Gasteiger partial charge in [-0.3, -0.25) is 0 Å². The van der Waals surface area contributed by atoms with Gasteiger partial charge in [0.05, 0.1) is 24.2 Å². The standard InChI is InChI=1S/C14H19BrO4S/c1-10(2)6-7-20(17,18)9-12-5-4-11(8-13(12)15)14(16)19-3/h4-5,8,10H,6-7,9H2,1-3H3. The number of carbonyl (C=O) groups excluding carboxylic acids is 1. The molecular weight excluding hydrogens is 344 g/mol. The van der Waals surface area contributed by atoms with E-state index in [1.165, 1.54) is 7.11 Å². The van der Waals surface area contributed by atoms with E-state index < -0.39 is 15.8 Å². The zero-order chi connectivity index (χ0) is 15.3. The Balaban J connectivity index is 2.86. The van der Waals surface area contributed by atoms with E-state index >= 15 is 0 Å². The van der Waals surface area contributed by atoms with E-state index in [1.54, 1.807) is 18.2 Å². The molecule has 0 radical (unpaired) electrons. The number of methoxy groups -OCH3 is 1. The Morgan fingerprint density at radius 3 is 2.50 bits per heavy atom. The van der Waals surface area contributed by atoms with Crippen molar-refractivity contribution < 1.29 is 17.9 Å². The molecule has 1 aromatic rings. The molecule has 0 spiro atoms. The first-order valence-corrected chi connectivity index (χ1v) is 8.94. The maximum Gasteiger partial charge on any atom is 0.337 e. The number of esters is 1. The van der Waals surface area contributed by atoms with E-state index in [0.717, 1.165) is 0 Å². The fourth-order valence-corrected chi connectivity index (χ4v) is 4.04. The fourth-order valence-electron chi connectivity index (χ4n) is 1.63. The van der Waals surface area contributed by atoms with Gasteiger partial charge < -0.3 is 4.74 Å². The highest BCUT2D eigenvalue weighted by Crippen LogP contribution is 2.22. The van der Waals surface area contributed by atoms with Crippen LogP contribution >= 0.6 is 15.9 Å². The van der Waals surface area contributed by atoms with Gasteiger partial charge in [0.2, 0.25) is 0 Å². The van der Waals surface area contributed by atoms with E-state index in [1.807, 2.05) is 13.8 Å². The summed E-state index contributed by atoms with van der Waals surface area (Å²) < 4.78 is 29.3. The molecular formula is C14H19BrO4S. The van der Waals surface area contributed by atoms with E-state index in [2.05, 4.69) is 20.7 Å². The van der Waals surface area contributed by atoms with Crippen LogP contribution in [0, 0.1) is 5.92 Å². The predicted octanol–water partition coefficient (Wildman–Crippen LogP) is 3.20. The van der Waals surface area contributed by atoms with Gasteiger partial charge in [0, 0.05) is 4.47 Å². The lowest BCUT2D eigenvalue weighted by atomic mass is 10.1. The first-order chi connectivity index (χ1) is 9.25. The highest BCUT2D eigenvalue weighted by molar-refractivity contribution is 9.10. The lowest BCUT2D eigenvalue weighted by Gasteiger charge is -2.09. The Labute approximate surface area is 128 Å². The van der Waals surface area contributed by atoms with Gasteiger partial charge in [-0.2, -0.15) is 0 Å². The molecule has 0 fully saturated rings. The number of benzene rings is 1. The second kappa shape index (κ2) is 7.22. The van der Waals surface area contributed by atoms with Gasteiger partial charge >= 0.3 is 5.97 Å². The normalized spacial score (nSPS) is 11.7. The summed E-state index contributed by atoms with van der Waals surface area (Å²) in [5.41, 5.74) is 1.05. The Morgan fingerprint density at radius 1 is 1.35 bits per heavy atom. The number of halogens is 1. The van der Waals surface area contributed by atoms with E-state index in [4.69, 9.17) is 0 Å². The van der Waals surface area contributed by atoms with Crippen LogP contribution in [0.4, 0.5) is 0 Å². The molecule has 0 saturated carbocycles. The zero-order valence-corrected chi connectivity index (χ0v) is 14.3. The van der Waals surface area contributed by atoms with Crippen molar-refractivity contribution in [1.29, 1.82) is 0 Å². The van der Waals surface area contributed by atoms with E-state index in [-0.39, 0.29) is 11.5 Å². The second-order valence-corrected chi connectivity index (χ2v) is 8.11. The lowest BCUT2D eigenvalue weighted by molar-refractivity contribution is 0.0600. The molecule has 1 rings (SSSR count). The SMILES string of the molecule is COC(=O)c1ccc(CS(=O)(=O)CCC(C)C)c(Br)c1. The van der Waals surface area contributed by atoms with Crippen molar-refractivity contribution >= 4 is 31.7 Å². The largest absolute Gasteiger partial charge is 0.465 e. The Kier molecular flexibility index (Phi) is 6.20. The van der Waals surface area contributed by atoms with Crippen molar-refractivity contribution in [3.63, 3.8) is 0 Å². The Bertz CT molecular complexity index is 579. The van der Waals surface area contributed by atoms with Crippen molar-refractivity contribution in [2.45, 2.75) is 26.0 Å². The molecule has 0 amide bonds. The van der Waals surface area contributed by atoms with Gasteiger partial charge in [-0.05, 0) is 30.0 Å². The molecule has 0 saturated heterocycles. The first-order valence-electron chi connectivity index (χ1n) is 6.32. The minimum absolute atomic E-state index is 0.0260. The quantitative estimate of drug-likeness (QED) is 0.729.